The van der Waals surface area contributed by atoms with Crippen LogP contribution in [0.25, 0.3) is 0 Å². The molecule has 0 radical (unpaired) electrons. The van der Waals surface area contributed by atoms with E-state index in [1.807, 2.05) is 13.8 Å². The van der Waals surface area contributed by atoms with Crippen LogP contribution in [0.2, 0.25) is 0 Å². The highest BCUT2D eigenvalue weighted by Crippen LogP contribution is 2.29. The molecule has 0 atom stereocenters. The van der Waals surface area contributed by atoms with Gasteiger partial charge in [-0.05, 0) is 26.7 Å². The Bertz CT molecular complexity index is 390. The number of nitrogens with zero attached hydrogens (tertiary/aromatic N) is 2. The van der Waals surface area contributed by atoms with Gasteiger partial charge in [-0.3, -0.25) is 0 Å². The number of anilines is 1. The Morgan fingerprint density at radius 1 is 1.39 bits per heavy atom. The SMILES string of the molecule is CC(C)Oc1cc(NCC2(O)CCCC2)ncn1. The fraction of sp³-hybridized carbons (Fsp3) is 0.692. The third-order valence-corrected chi connectivity index (χ3v) is 3.13. The molecule has 5 nitrogen and oxygen atoms in total. The van der Waals surface area contributed by atoms with Crippen LogP contribution in [-0.2, 0) is 0 Å². The Kier molecular flexibility index (Phi) is 4.01. The first kappa shape index (κ1) is 13.1. The molecule has 1 aromatic heterocycles. The zero-order valence-corrected chi connectivity index (χ0v) is 11.0. The van der Waals surface area contributed by atoms with Crippen molar-refractivity contribution in [3.05, 3.63) is 12.4 Å². The molecule has 0 saturated heterocycles. The van der Waals surface area contributed by atoms with Gasteiger partial charge < -0.3 is 15.2 Å². The van der Waals surface area contributed by atoms with E-state index < -0.39 is 5.60 Å². The van der Waals surface area contributed by atoms with Crippen LogP contribution in [0, 0.1) is 0 Å². The van der Waals surface area contributed by atoms with Crippen molar-refractivity contribution in [2.24, 2.45) is 0 Å². The molecule has 0 amide bonds. The van der Waals surface area contributed by atoms with E-state index in [4.69, 9.17) is 4.74 Å². The first-order valence-electron chi connectivity index (χ1n) is 6.52. The van der Waals surface area contributed by atoms with E-state index in [-0.39, 0.29) is 6.10 Å². The highest BCUT2D eigenvalue weighted by atomic mass is 16.5. The van der Waals surface area contributed by atoms with Crippen molar-refractivity contribution in [3.8, 4) is 5.88 Å². The van der Waals surface area contributed by atoms with E-state index >= 15 is 0 Å². The number of ether oxygens (including phenoxy) is 1. The minimum atomic E-state index is -0.579. The summed E-state index contributed by atoms with van der Waals surface area (Å²) in [6, 6.07) is 1.76. The van der Waals surface area contributed by atoms with E-state index in [1.165, 1.54) is 6.33 Å². The molecule has 1 aliphatic carbocycles. The molecule has 2 rings (SSSR count). The number of nitrogens with one attached hydrogen (secondary N) is 1. The Labute approximate surface area is 108 Å². The molecular formula is C13H21N3O2. The molecule has 1 heterocycles. The zero-order chi connectivity index (χ0) is 13.0. The average Bonchev–Trinajstić information content (AvgIpc) is 2.74. The lowest BCUT2D eigenvalue weighted by Crippen LogP contribution is -2.33. The Morgan fingerprint density at radius 3 is 2.78 bits per heavy atom. The van der Waals surface area contributed by atoms with E-state index in [1.54, 1.807) is 6.07 Å². The van der Waals surface area contributed by atoms with E-state index in [0.29, 0.717) is 18.2 Å². The summed E-state index contributed by atoms with van der Waals surface area (Å²) in [6.45, 7) is 4.44. The molecule has 0 unspecified atom stereocenters. The summed E-state index contributed by atoms with van der Waals surface area (Å²) in [6.07, 6.45) is 5.49. The van der Waals surface area contributed by atoms with Crippen molar-refractivity contribution in [1.29, 1.82) is 0 Å². The average molecular weight is 251 g/mol. The summed E-state index contributed by atoms with van der Waals surface area (Å²) < 4.78 is 5.50. The quantitative estimate of drug-likeness (QED) is 0.837. The van der Waals surface area contributed by atoms with E-state index in [0.717, 1.165) is 25.7 Å². The summed E-state index contributed by atoms with van der Waals surface area (Å²) in [5.41, 5.74) is -0.579. The number of aromatic nitrogens is 2. The largest absolute Gasteiger partial charge is 0.475 e. The monoisotopic (exact) mass is 251 g/mol. The maximum Gasteiger partial charge on any atom is 0.218 e. The van der Waals surface area contributed by atoms with E-state index in [9.17, 15) is 5.11 Å². The molecule has 1 saturated carbocycles. The third kappa shape index (κ3) is 3.57. The predicted octanol–water partition coefficient (Wildman–Crippen LogP) is 1.98. The lowest BCUT2D eigenvalue weighted by atomic mass is 10.0. The maximum absolute atomic E-state index is 10.2. The minimum Gasteiger partial charge on any atom is -0.475 e. The van der Waals surface area contributed by atoms with Gasteiger partial charge in [0.15, 0.2) is 0 Å². The van der Waals surface area contributed by atoms with Crippen LogP contribution in [0.5, 0.6) is 5.88 Å². The van der Waals surface area contributed by atoms with Crippen molar-refractivity contribution in [3.63, 3.8) is 0 Å². The minimum absolute atomic E-state index is 0.0896. The molecule has 0 spiro atoms. The van der Waals surface area contributed by atoms with Gasteiger partial charge in [-0.1, -0.05) is 12.8 Å². The number of hydrogen-bond acceptors (Lipinski definition) is 5. The van der Waals surface area contributed by atoms with Gasteiger partial charge in [0.1, 0.15) is 12.1 Å². The van der Waals surface area contributed by atoms with Crippen molar-refractivity contribution in [2.75, 3.05) is 11.9 Å². The number of hydrogen-bond donors (Lipinski definition) is 2. The van der Waals surface area contributed by atoms with Gasteiger partial charge in [-0.15, -0.1) is 0 Å². The van der Waals surface area contributed by atoms with Crippen LogP contribution < -0.4 is 10.1 Å². The number of aliphatic hydroxyl groups is 1. The molecular weight excluding hydrogens is 230 g/mol. The summed E-state index contributed by atoms with van der Waals surface area (Å²) in [5, 5.41) is 13.4. The number of rotatable bonds is 5. The van der Waals surface area contributed by atoms with Crippen molar-refractivity contribution < 1.29 is 9.84 Å². The second kappa shape index (κ2) is 5.52. The van der Waals surface area contributed by atoms with Gasteiger partial charge in [0.25, 0.3) is 0 Å². The molecule has 100 valence electrons. The van der Waals surface area contributed by atoms with Gasteiger partial charge in [-0.2, -0.15) is 0 Å². The Hall–Kier alpha value is -1.36. The molecule has 0 bridgehead atoms. The van der Waals surface area contributed by atoms with Gasteiger partial charge >= 0.3 is 0 Å². The maximum atomic E-state index is 10.2. The van der Waals surface area contributed by atoms with Gasteiger partial charge in [0, 0.05) is 12.6 Å². The lowest BCUT2D eigenvalue weighted by molar-refractivity contribution is 0.0613. The van der Waals surface area contributed by atoms with Gasteiger partial charge in [0.2, 0.25) is 5.88 Å². The zero-order valence-electron chi connectivity index (χ0n) is 11.0. The first-order valence-corrected chi connectivity index (χ1v) is 6.52. The van der Waals surface area contributed by atoms with Crippen LogP contribution >= 0.6 is 0 Å². The third-order valence-electron chi connectivity index (χ3n) is 3.13. The van der Waals surface area contributed by atoms with Crippen molar-refractivity contribution in [2.45, 2.75) is 51.2 Å². The van der Waals surface area contributed by atoms with Crippen molar-refractivity contribution in [1.82, 2.24) is 9.97 Å². The predicted molar refractivity (Wildman–Crippen MR) is 69.7 cm³/mol. The first-order chi connectivity index (χ1) is 8.57. The molecule has 1 fully saturated rings. The van der Waals surface area contributed by atoms with Crippen LogP contribution in [0.1, 0.15) is 39.5 Å². The molecule has 0 aliphatic heterocycles. The van der Waals surface area contributed by atoms with Gasteiger partial charge in [-0.25, -0.2) is 9.97 Å². The van der Waals surface area contributed by atoms with Crippen LogP contribution in [0.3, 0.4) is 0 Å². The fourth-order valence-corrected chi connectivity index (χ4v) is 2.21. The molecule has 18 heavy (non-hydrogen) atoms. The molecule has 1 aliphatic rings. The summed E-state index contributed by atoms with van der Waals surface area (Å²) >= 11 is 0. The normalized spacial score (nSPS) is 18.0. The molecule has 2 N–H and O–H groups in total. The molecule has 5 heteroatoms. The lowest BCUT2D eigenvalue weighted by Gasteiger charge is -2.22. The summed E-state index contributed by atoms with van der Waals surface area (Å²) in [7, 11) is 0. The molecule has 0 aromatic carbocycles. The Balaban J connectivity index is 1.92. The van der Waals surface area contributed by atoms with E-state index in [2.05, 4.69) is 15.3 Å². The fourth-order valence-electron chi connectivity index (χ4n) is 2.21. The van der Waals surface area contributed by atoms with Gasteiger partial charge in [0.05, 0.1) is 11.7 Å². The Morgan fingerprint density at radius 2 is 2.11 bits per heavy atom. The van der Waals surface area contributed by atoms with Crippen LogP contribution in [-0.4, -0.2) is 33.3 Å². The van der Waals surface area contributed by atoms with Crippen molar-refractivity contribution >= 4 is 5.82 Å². The smallest absolute Gasteiger partial charge is 0.218 e. The summed E-state index contributed by atoms with van der Waals surface area (Å²) in [4.78, 5) is 8.17. The second-order valence-electron chi connectivity index (χ2n) is 5.19. The highest BCUT2D eigenvalue weighted by Gasteiger charge is 2.30. The molecule has 1 aromatic rings. The summed E-state index contributed by atoms with van der Waals surface area (Å²) in [5.74, 6) is 1.25. The highest BCUT2D eigenvalue weighted by molar-refractivity contribution is 5.37. The standard InChI is InChI=1S/C13H21N3O2/c1-10(2)18-12-7-11(15-9-16-12)14-8-13(17)5-3-4-6-13/h7,9-10,17H,3-6,8H2,1-2H3,(H,14,15,16). The topological polar surface area (TPSA) is 67.3 Å². The van der Waals surface area contributed by atoms with Crippen LogP contribution in [0.15, 0.2) is 12.4 Å². The van der Waals surface area contributed by atoms with Crippen LogP contribution in [0.4, 0.5) is 5.82 Å². The second-order valence-corrected chi connectivity index (χ2v) is 5.19.